The Labute approximate surface area is 227 Å². The molecule has 5 rings (SSSR count). The van der Waals surface area contributed by atoms with Crippen molar-refractivity contribution in [3.63, 3.8) is 0 Å². The molecular formula is C27H33N9O3. The molecule has 2 amide bonds. The maximum atomic E-state index is 13.0. The zero-order valence-electron chi connectivity index (χ0n) is 21.9. The minimum Gasteiger partial charge on any atom is -0.379 e. The number of hydrazine groups is 1. The molecule has 2 saturated heterocycles. The number of carbonyl (C=O) groups excluding carboxylic acids is 2. The van der Waals surface area contributed by atoms with Gasteiger partial charge in [-0.3, -0.25) is 15.0 Å². The number of ether oxygens (including phenoxy) is 1. The molecule has 12 nitrogen and oxygen atoms in total. The van der Waals surface area contributed by atoms with Crippen LogP contribution >= 0.6 is 0 Å². The van der Waals surface area contributed by atoms with E-state index in [1.54, 1.807) is 18.2 Å². The van der Waals surface area contributed by atoms with Crippen molar-refractivity contribution in [2.75, 3.05) is 75.1 Å². The lowest BCUT2D eigenvalue weighted by molar-refractivity contribution is 0.0126. The molecule has 0 radical (unpaired) electrons. The summed E-state index contributed by atoms with van der Waals surface area (Å²) in [5, 5.41) is 8.13. The number of hydrogen-bond acceptors (Lipinski definition) is 10. The summed E-state index contributed by atoms with van der Waals surface area (Å²) in [6, 6.07) is 15.1. The van der Waals surface area contributed by atoms with Gasteiger partial charge >= 0.3 is 0 Å². The van der Waals surface area contributed by atoms with Crippen molar-refractivity contribution in [2.24, 2.45) is 5.73 Å². The van der Waals surface area contributed by atoms with Gasteiger partial charge in [0.05, 0.1) is 24.5 Å². The number of nitrogens with zero attached hydrogens (tertiary/aromatic N) is 5. The molecule has 3 aromatic rings. The smallest absolute Gasteiger partial charge is 0.267 e. The number of rotatable bonds is 8. The third-order valence-corrected chi connectivity index (χ3v) is 6.74. The van der Waals surface area contributed by atoms with Gasteiger partial charge in [-0.15, -0.1) is 0 Å². The summed E-state index contributed by atoms with van der Waals surface area (Å²) in [5.41, 5.74) is 11.5. The predicted octanol–water partition coefficient (Wildman–Crippen LogP) is 1.79. The third kappa shape index (κ3) is 6.60. The first-order valence-corrected chi connectivity index (χ1v) is 12.9. The second-order valence-corrected chi connectivity index (χ2v) is 9.49. The highest BCUT2D eigenvalue weighted by molar-refractivity contribution is 6.00. The summed E-state index contributed by atoms with van der Waals surface area (Å²) >= 11 is 0. The number of nitrogens with two attached hydrogens (primary N) is 1. The van der Waals surface area contributed by atoms with Crippen molar-refractivity contribution in [1.82, 2.24) is 25.3 Å². The number of piperazine rings is 1. The number of para-hydroxylation sites is 1. The Kier molecular flexibility index (Phi) is 8.16. The van der Waals surface area contributed by atoms with Gasteiger partial charge in [0.2, 0.25) is 5.95 Å². The minimum atomic E-state index is -0.650. The Morgan fingerprint density at radius 3 is 2.33 bits per heavy atom. The maximum Gasteiger partial charge on any atom is 0.267 e. The Morgan fingerprint density at radius 2 is 1.62 bits per heavy atom. The molecular weight excluding hydrogens is 498 g/mol. The van der Waals surface area contributed by atoms with E-state index >= 15 is 0 Å². The van der Waals surface area contributed by atoms with Gasteiger partial charge in [0.15, 0.2) is 0 Å². The van der Waals surface area contributed by atoms with Crippen LogP contribution in [0.1, 0.15) is 20.7 Å². The lowest BCUT2D eigenvalue weighted by Gasteiger charge is -2.34. The van der Waals surface area contributed by atoms with Crippen LogP contribution in [0.25, 0.3) is 0 Å². The second-order valence-electron chi connectivity index (χ2n) is 9.49. The average Bonchev–Trinajstić information content (AvgIpc) is 2.95. The highest BCUT2D eigenvalue weighted by Gasteiger charge is 2.19. The van der Waals surface area contributed by atoms with Crippen LogP contribution in [0.5, 0.6) is 0 Å². The Balaban J connectivity index is 1.32. The normalized spacial score (nSPS) is 16.5. The van der Waals surface area contributed by atoms with Crippen molar-refractivity contribution >= 4 is 40.6 Å². The number of carbonyl (C=O) groups is 2. The summed E-state index contributed by atoms with van der Waals surface area (Å²) in [6.07, 6.45) is 1.37. The van der Waals surface area contributed by atoms with Crippen molar-refractivity contribution in [3.05, 3.63) is 65.9 Å². The van der Waals surface area contributed by atoms with Gasteiger partial charge in [-0.2, -0.15) is 4.98 Å². The number of morpholine rings is 1. The molecule has 0 unspecified atom stereocenters. The average molecular weight is 532 g/mol. The van der Waals surface area contributed by atoms with Crippen LogP contribution in [0.4, 0.5) is 28.8 Å². The Hall–Kier alpha value is -4.26. The summed E-state index contributed by atoms with van der Waals surface area (Å²) in [6.45, 7) is 6.36. The number of likely N-dealkylation sites (N-methyl/N-ethyl adjacent to an activating group) is 1. The summed E-state index contributed by atoms with van der Waals surface area (Å²) < 4.78 is 5.34. The standard InChI is InChI=1S/C27H33N9O3/c1-34-10-12-35(13-11-34)20-8-6-19(7-9-20)30-25-22(24(28)37)18-29-27(32-25)31-23-5-3-2-4-21(23)26(38)33-36-14-16-39-17-15-36/h2-9,18H,10-17H2,1H3,(H2,28,37)(H,33,38)(H2,29,30,31,32). The van der Waals surface area contributed by atoms with Crippen LogP contribution in [0.3, 0.4) is 0 Å². The predicted molar refractivity (Wildman–Crippen MR) is 150 cm³/mol. The van der Waals surface area contributed by atoms with Gasteiger partial charge in [0, 0.05) is 56.8 Å². The maximum absolute atomic E-state index is 13.0. The minimum absolute atomic E-state index is 0.155. The van der Waals surface area contributed by atoms with E-state index in [2.05, 4.69) is 42.9 Å². The molecule has 3 heterocycles. The van der Waals surface area contributed by atoms with Crippen molar-refractivity contribution < 1.29 is 14.3 Å². The molecule has 0 spiro atoms. The molecule has 39 heavy (non-hydrogen) atoms. The van der Waals surface area contributed by atoms with Gasteiger partial charge in [-0.05, 0) is 43.4 Å². The van der Waals surface area contributed by atoms with Crippen LogP contribution in [-0.2, 0) is 4.74 Å². The van der Waals surface area contributed by atoms with E-state index in [1.807, 2.05) is 35.3 Å². The summed E-state index contributed by atoms with van der Waals surface area (Å²) in [4.78, 5) is 38.5. The first-order valence-electron chi connectivity index (χ1n) is 12.9. The number of aromatic nitrogens is 2. The molecule has 204 valence electrons. The van der Waals surface area contributed by atoms with Crippen LogP contribution in [0, 0.1) is 0 Å². The zero-order valence-corrected chi connectivity index (χ0v) is 21.9. The largest absolute Gasteiger partial charge is 0.379 e. The molecule has 2 aliphatic rings. The van der Waals surface area contributed by atoms with Gasteiger partial charge < -0.3 is 30.9 Å². The van der Waals surface area contributed by atoms with E-state index in [9.17, 15) is 9.59 Å². The van der Waals surface area contributed by atoms with E-state index in [-0.39, 0.29) is 23.2 Å². The highest BCUT2D eigenvalue weighted by atomic mass is 16.5. The van der Waals surface area contributed by atoms with Crippen LogP contribution in [-0.4, -0.2) is 91.2 Å². The van der Waals surface area contributed by atoms with E-state index in [0.29, 0.717) is 37.6 Å². The lowest BCUT2D eigenvalue weighted by atomic mass is 10.1. The molecule has 0 aliphatic carbocycles. The topological polar surface area (TPSA) is 141 Å². The highest BCUT2D eigenvalue weighted by Crippen LogP contribution is 2.25. The molecule has 5 N–H and O–H groups in total. The quantitative estimate of drug-likeness (QED) is 0.340. The Bertz CT molecular complexity index is 1300. The number of benzene rings is 2. The molecule has 12 heteroatoms. The SMILES string of the molecule is CN1CCN(c2ccc(Nc3nc(Nc4ccccc4C(=O)NN4CCOCC4)ncc3C(N)=O)cc2)CC1. The number of primary amides is 1. The van der Waals surface area contributed by atoms with Crippen molar-refractivity contribution in [2.45, 2.75) is 0 Å². The van der Waals surface area contributed by atoms with Crippen LogP contribution in [0.2, 0.25) is 0 Å². The molecule has 0 saturated carbocycles. The molecule has 1 aromatic heterocycles. The van der Waals surface area contributed by atoms with E-state index in [0.717, 1.165) is 37.6 Å². The van der Waals surface area contributed by atoms with Crippen molar-refractivity contribution in [3.8, 4) is 0 Å². The number of amides is 2. The molecule has 2 aromatic carbocycles. The molecule has 0 atom stereocenters. The fourth-order valence-corrected chi connectivity index (χ4v) is 4.46. The van der Waals surface area contributed by atoms with Gasteiger partial charge in [0.1, 0.15) is 11.4 Å². The molecule has 2 fully saturated rings. The molecule has 2 aliphatic heterocycles. The third-order valence-electron chi connectivity index (χ3n) is 6.74. The summed E-state index contributed by atoms with van der Waals surface area (Å²) in [5.74, 6) is -0.429. The van der Waals surface area contributed by atoms with Crippen LogP contribution in [0.15, 0.2) is 54.7 Å². The van der Waals surface area contributed by atoms with Crippen molar-refractivity contribution in [1.29, 1.82) is 0 Å². The number of anilines is 5. The first kappa shape index (κ1) is 26.4. The number of nitrogens with one attached hydrogen (secondary N) is 3. The summed E-state index contributed by atoms with van der Waals surface area (Å²) in [7, 11) is 2.13. The molecule has 0 bridgehead atoms. The Morgan fingerprint density at radius 1 is 0.897 bits per heavy atom. The van der Waals surface area contributed by atoms with Gasteiger partial charge in [0.25, 0.3) is 11.8 Å². The fourth-order valence-electron chi connectivity index (χ4n) is 4.46. The van der Waals surface area contributed by atoms with Gasteiger partial charge in [-0.1, -0.05) is 12.1 Å². The van der Waals surface area contributed by atoms with E-state index in [4.69, 9.17) is 10.5 Å². The zero-order chi connectivity index (χ0) is 27.2. The van der Waals surface area contributed by atoms with Gasteiger partial charge in [-0.25, -0.2) is 9.99 Å². The fraction of sp³-hybridized carbons (Fsp3) is 0.333. The number of hydrogen-bond donors (Lipinski definition) is 4. The van der Waals surface area contributed by atoms with E-state index in [1.165, 1.54) is 6.20 Å². The van der Waals surface area contributed by atoms with Crippen LogP contribution < -0.4 is 26.7 Å². The second kappa shape index (κ2) is 12.1. The lowest BCUT2D eigenvalue weighted by Crippen LogP contribution is -2.48. The van der Waals surface area contributed by atoms with E-state index < -0.39 is 5.91 Å². The monoisotopic (exact) mass is 531 g/mol. The first-order chi connectivity index (χ1) is 19.0.